The maximum absolute atomic E-state index is 12.7. The van der Waals surface area contributed by atoms with Gasteiger partial charge >= 0.3 is 12.6 Å². The van der Waals surface area contributed by atoms with Crippen LogP contribution in [0.25, 0.3) is 4.96 Å². The lowest BCUT2D eigenvalue weighted by atomic mass is 10.1. The Hall–Kier alpha value is -3.86. The number of aryl methyl sites for hydroxylation is 1. The zero-order chi connectivity index (χ0) is 23.4. The van der Waals surface area contributed by atoms with Crippen molar-refractivity contribution in [1.82, 2.24) is 14.6 Å². The van der Waals surface area contributed by atoms with Gasteiger partial charge in [0.1, 0.15) is 17.4 Å². The van der Waals surface area contributed by atoms with Crippen LogP contribution < -0.4 is 15.6 Å². The van der Waals surface area contributed by atoms with Crippen LogP contribution >= 0.6 is 11.3 Å². The number of halogens is 2. The van der Waals surface area contributed by atoms with Gasteiger partial charge in [-0.3, -0.25) is 4.79 Å². The molecule has 2 heterocycles. The highest BCUT2D eigenvalue weighted by atomic mass is 32.1. The average Bonchev–Trinajstić information content (AvgIpc) is 3.23. The van der Waals surface area contributed by atoms with Gasteiger partial charge in [0.05, 0.1) is 16.9 Å². The van der Waals surface area contributed by atoms with Gasteiger partial charge in [0.15, 0.2) is 0 Å². The minimum absolute atomic E-state index is 0.0237. The molecule has 170 valence electrons. The van der Waals surface area contributed by atoms with Crippen LogP contribution in [0.15, 0.2) is 59.4 Å². The van der Waals surface area contributed by atoms with Gasteiger partial charge in [-0.1, -0.05) is 30.4 Å². The predicted molar refractivity (Wildman–Crippen MR) is 118 cm³/mol. The molecule has 0 aliphatic heterocycles. The first-order valence-electron chi connectivity index (χ1n) is 9.89. The van der Waals surface area contributed by atoms with E-state index in [1.165, 1.54) is 34.1 Å². The summed E-state index contributed by atoms with van der Waals surface area (Å²) < 4.78 is 35.6. The lowest BCUT2D eigenvalue weighted by Gasteiger charge is -2.12. The summed E-state index contributed by atoms with van der Waals surface area (Å²) in [4.78, 5) is 29.8. The molecule has 11 heteroatoms. The smallest absolute Gasteiger partial charge is 0.387 e. The molecule has 0 bridgehead atoms. The van der Waals surface area contributed by atoms with E-state index in [4.69, 9.17) is 4.74 Å². The number of fused-ring (bicyclic) bond motifs is 1. The van der Waals surface area contributed by atoms with Gasteiger partial charge in [0.25, 0.3) is 5.56 Å². The van der Waals surface area contributed by atoms with Crippen molar-refractivity contribution in [3.05, 3.63) is 81.2 Å². The van der Waals surface area contributed by atoms with E-state index in [9.17, 15) is 18.4 Å². The third-order valence-corrected chi connectivity index (χ3v) is 5.55. The molecule has 8 nitrogen and oxygen atoms in total. The molecule has 4 rings (SSSR count). The predicted octanol–water partition coefficient (Wildman–Crippen LogP) is 4.42. The Morgan fingerprint density at radius 2 is 1.94 bits per heavy atom. The van der Waals surface area contributed by atoms with Crippen molar-refractivity contribution in [3.63, 3.8) is 0 Å². The van der Waals surface area contributed by atoms with Crippen LogP contribution in [0, 0.1) is 0 Å². The highest BCUT2D eigenvalue weighted by Gasteiger charge is 2.15. The largest absolute Gasteiger partial charge is 0.456 e. The number of alkyl halides is 2. The molecule has 4 aromatic rings. The number of hydrogen-bond donors (Lipinski definition) is 1. The highest BCUT2D eigenvalue weighted by molar-refractivity contribution is 7.16. The molecule has 1 N–H and O–H groups in total. The van der Waals surface area contributed by atoms with Crippen molar-refractivity contribution in [1.29, 1.82) is 0 Å². The van der Waals surface area contributed by atoms with Crippen LogP contribution in [0.2, 0.25) is 0 Å². The molecule has 0 amide bonds. The number of hydrogen-bond acceptors (Lipinski definition) is 8. The fraction of sp³-hybridized carbons (Fsp3) is 0.182. The number of rotatable bonds is 8. The summed E-state index contributed by atoms with van der Waals surface area (Å²) >= 11 is 1.30. The molecule has 0 radical (unpaired) electrons. The van der Waals surface area contributed by atoms with Crippen molar-refractivity contribution < 1.29 is 23.0 Å². The van der Waals surface area contributed by atoms with Gasteiger partial charge < -0.3 is 14.8 Å². The van der Waals surface area contributed by atoms with Crippen LogP contribution in [0.3, 0.4) is 0 Å². The molecular weight excluding hydrogens is 454 g/mol. The van der Waals surface area contributed by atoms with Gasteiger partial charge in [-0.05, 0) is 42.8 Å². The van der Waals surface area contributed by atoms with Crippen LogP contribution in [0.1, 0.15) is 28.0 Å². The van der Waals surface area contributed by atoms with Crippen molar-refractivity contribution in [2.45, 2.75) is 26.6 Å². The van der Waals surface area contributed by atoms with Crippen LogP contribution in [0.5, 0.6) is 5.75 Å². The molecule has 0 saturated carbocycles. The number of nitrogens with one attached hydrogen (secondary N) is 1. The molecular formula is C22H18F2N4O4S. The average molecular weight is 472 g/mol. The monoisotopic (exact) mass is 472 g/mol. The lowest BCUT2D eigenvalue weighted by Crippen LogP contribution is -2.17. The normalized spacial score (nSPS) is 11.0. The Kier molecular flexibility index (Phi) is 6.59. The van der Waals surface area contributed by atoms with E-state index in [0.29, 0.717) is 28.5 Å². The Balaban J connectivity index is 1.47. The first-order chi connectivity index (χ1) is 15.9. The number of nitrogens with zero attached hydrogens (tertiary/aromatic N) is 3. The quantitative estimate of drug-likeness (QED) is 0.380. The van der Waals surface area contributed by atoms with E-state index < -0.39 is 12.6 Å². The summed E-state index contributed by atoms with van der Waals surface area (Å²) in [5.41, 5.74) is 1.26. The second-order valence-corrected chi connectivity index (χ2v) is 7.82. The van der Waals surface area contributed by atoms with Gasteiger partial charge in [0, 0.05) is 11.8 Å². The van der Waals surface area contributed by atoms with Gasteiger partial charge in [-0.2, -0.15) is 18.4 Å². The number of carbonyl (C=O) groups excluding carboxylic acids is 1. The molecule has 0 atom stereocenters. The number of aromatic nitrogens is 3. The Morgan fingerprint density at radius 1 is 1.18 bits per heavy atom. The topological polar surface area (TPSA) is 94.8 Å². The van der Waals surface area contributed by atoms with Crippen LogP contribution in [0.4, 0.5) is 20.2 Å². The third-order valence-electron chi connectivity index (χ3n) is 4.50. The molecule has 0 fully saturated rings. The standard InChI is InChI=1S/C22H18F2N4O4S/c1-2-18-27-28-19(29)11-14(26-22(28)33-18)12-31-20(30)16-5-3-4-6-17(16)25-13-7-9-15(10-8-13)32-21(23)24/h3-11,21,25H,2,12H2,1H3. The maximum Gasteiger partial charge on any atom is 0.387 e. The first-order valence-corrected chi connectivity index (χ1v) is 10.7. The number of para-hydroxylation sites is 1. The number of carbonyl (C=O) groups is 1. The van der Waals surface area contributed by atoms with Crippen molar-refractivity contribution in [2.75, 3.05) is 5.32 Å². The Labute approximate surface area is 190 Å². The molecule has 33 heavy (non-hydrogen) atoms. The number of ether oxygens (including phenoxy) is 2. The van der Waals surface area contributed by atoms with E-state index in [-0.39, 0.29) is 23.5 Å². The molecule has 0 saturated heterocycles. The Morgan fingerprint density at radius 3 is 2.67 bits per heavy atom. The second-order valence-electron chi connectivity index (χ2n) is 6.78. The van der Waals surface area contributed by atoms with Gasteiger partial charge in [0.2, 0.25) is 4.96 Å². The fourth-order valence-corrected chi connectivity index (χ4v) is 3.83. The van der Waals surface area contributed by atoms with Gasteiger partial charge in [-0.15, -0.1) is 0 Å². The minimum atomic E-state index is -2.91. The maximum atomic E-state index is 12.7. The number of anilines is 2. The summed E-state index contributed by atoms with van der Waals surface area (Å²) in [7, 11) is 0. The molecule has 0 spiro atoms. The molecule has 0 unspecified atom stereocenters. The highest BCUT2D eigenvalue weighted by Crippen LogP contribution is 2.24. The molecule has 0 aliphatic rings. The lowest BCUT2D eigenvalue weighted by molar-refractivity contribution is -0.0498. The number of esters is 1. The molecule has 0 aliphatic carbocycles. The minimum Gasteiger partial charge on any atom is -0.456 e. The molecule has 2 aromatic carbocycles. The fourth-order valence-electron chi connectivity index (χ4n) is 2.98. The van der Waals surface area contributed by atoms with Crippen molar-refractivity contribution in [3.8, 4) is 5.75 Å². The van der Waals surface area contributed by atoms with E-state index in [2.05, 4.69) is 20.1 Å². The number of benzene rings is 2. The van der Waals surface area contributed by atoms with Crippen molar-refractivity contribution in [2.24, 2.45) is 0 Å². The SMILES string of the molecule is CCc1nn2c(=O)cc(COC(=O)c3ccccc3Nc3ccc(OC(F)F)cc3)nc2s1. The zero-order valence-corrected chi connectivity index (χ0v) is 18.1. The third kappa shape index (κ3) is 5.32. The van der Waals surface area contributed by atoms with Gasteiger partial charge in [-0.25, -0.2) is 9.78 Å². The zero-order valence-electron chi connectivity index (χ0n) is 17.3. The summed E-state index contributed by atoms with van der Waals surface area (Å²) in [6, 6.07) is 13.8. The van der Waals surface area contributed by atoms with E-state index >= 15 is 0 Å². The Bertz CT molecular complexity index is 1340. The van der Waals surface area contributed by atoms with Crippen molar-refractivity contribution >= 4 is 33.6 Å². The summed E-state index contributed by atoms with van der Waals surface area (Å²) in [6.07, 6.45) is 0.684. The second kappa shape index (κ2) is 9.74. The van der Waals surface area contributed by atoms with E-state index in [1.54, 1.807) is 36.4 Å². The summed E-state index contributed by atoms with van der Waals surface area (Å²) in [5.74, 6) is -0.591. The van der Waals surface area contributed by atoms with E-state index in [1.807, 2.05) is 6.92 Å². The first kappa shape index (κ1) is 22.3. The molecule has 2 aromatic heterocycles. The van der Waals surface area contributed by atoms with Crippen LogP contribution in [-0.2, 0) is 17.8 Å². The summed E-state index contributed by atoms with van der Waals surface area (Å²) in [5, 5.41) is 8.02. The van der Waals surface area contributed by atoms with Crippen LogP contribution in [-0.4, -0.2) is 27.2 Å². The van der Waals surface area contributed by atoms with E-state index in [0.717, 1.165) is 5.01 Å². The summed E-state index contributed by atoms with van der Waals surface area (Å²) in [6.45, 7) is -1.16.